The molecule has 0 N–H and O–H groups in total. The lowest BCUT2D eigenvalue weighted by Gasteiger charge is -2.11. The molecule has 3 heteroatoms. The van der Waals surface area contributed by atoms with Gasteiger partial charge in [-0.1, -0.05) is 20.3 Å². The van der Waals surface area contributed by atoms with Gasteiger partial charge in [0.25, 0.3) is 0 Å². The summed E-state index contributed by atoms with van der Waals surface area (Å²) in [5.74, 6) is 1.23. The Morgan fingerprint density at radius 1 is 1.55 bits per heavy atom. The molecule has 0 unspecified atom stereocenters. The summed E-state index contributed by atoms with van der Waals surface area (Å²) in [5, 5.41) is 2.43. The molecule has 0 amide bonds. The van der Waals surface area contributed by atoms with Crippen molar-refractivity contribution in [1.82, 2.24) is 0 Å². The summed E-state index contributed by atoms with van der Waals surface area (Å²) in [4.78, 5) is 1.50. The second-order valence-electron chi connectivity index (χ2n) is 3.05. The Labute approximate surface area is 74.9 Å². The summed E-state index contributed by atoms with van der Waals surface area (Å²) in [6.45, 7) is 4.46. The van der Waals surface area contributed by atoms with Crippen LogP contribution in [0.1, 0.15) is 26.7 Å². The highest BCUT2D eigenvalue weighted by Gasteiger charge is 2.11. The van der Waals surface area contributed by atoms with Crippen LogP contribution in [0.3, 0.4) is 0 Å². The van der Waals surface area contributed by atoms with Crippen LogP contribution in [-0.4, -0.2) is 12.0 Å². The number of thiol groups is 1. The lowest BCUT2D eigenvalue weighted by molar-refractivity contribution is 0.950. The summed E-state index contributed by atoms with van der Waals surface area (Å²) in [7, 11) is -0.961. The van der Waals surface area contributed by atoms with E-state index >= 15 is 0 Å². The van der Waals surface area contributed by atoms with E-state index in [1.165, 1.54) is 23.5 Å². The Balaban J connectivity index is 2.62. The van der Waals surface area contributed by atoms with Crippen LogP contribution in [-0.2, 0) is 9.82 Å². The Morgan fingerprint density at radius 2 is 2.27 bits per heavy atom. The predicted molar refractivity (Wildman–Crippen MR) is 58.2 cm³/mol. The molecular formula is C8H17NS2. The Kier molecular flexibility index (Phi) is 3.19. The monoisotopic (exact) mass is 191 g/mol. The highest BCUT2D eigenvalue weighted by atomic mass is 32.3. The number of hydrogen-bond acceptors (Lipinski definition) is 2. The number of nitrogens with zero attached hydrogens (tertiary/aromatic N) is 1. The van der Waals surface area contributed by atoms with Gasteiger partial charge in [0.2, 0.25) is 0 Å². The topological polar surface area (TPSA) is 12.4 Å². The largest absolute Gasteiger partial charge is 0.208 e. The van der Waals surface area contributed by atoms with Crippen LogP contribution in [0, 0.1) is 0 Å². The van der Waals surface area contributed by atoms with Crippen molar-refractivity contribution in [3.05, 3.63) is 10.3 Å². The van der Waals surface area contributed by atoms with Crippen LogP contribution in [0.15, 0.2) is 14.1 Å². The van der Waals surface area contributed by atoms with Gasteiger partial charge in [-0.3, -0.25) is 0 Å². The molecule has 0 aromatic carbocycles. The van der Waals surface area contributed by atoms with Gasteiger partial charge in [0.1, 0.15) is 0 Å². The Hall–Kier alpha value is 0.240. The Bertz CT molecular complexity index is 218. The summed E-state index contributed by atoms with van der Waals surface area (Å²) >= 11 is 1.73. The molecule has 1 aliphatic rings. The molecule has 66 valence electrons. The Morgan fingerprint density at radius 3 is 2.73 bits per heavy atom. The minimum Gasteiger partial charge on any atom is -0.208 e. The summed E-state index contributed by atoms with van der Waals surface area (Å²) < 4.78 is 4.62. The maximum Gasteiger partial charge on any atom is 0.0141 e. The second-order valence-corrected chi connectivity index (χ2v) is 7.73. The molecule has 0 radical (unpaired) electrons. The molecule has 11 heavy (non-hydrogen) atoms. The van der Waals surface area contributed by atoms with Crippen LogP contribution in [0.5, 0.6) is 0 Å². The average molecular weight is 191 g/mol. The van der Waals surface area contributed by atoms with E-state index < -0.39 is 9.82 Å². The van der Waals surface area contributed by atoms with Gasteiger partial charge in [-0.25, -0.2) is 3.77 Å². The van der Waals surface area contributed by atoms with Gasteiger partial charge < -0.3 is 0 Å². The van der Waals surface area contributed by atoms with Crippen LogP contribution in [0.25, 0.3) is 0 Å². The highest BCUT2D eigenvalue weighted by molar-refractivity contribution is 8.18. The molecule has 0 fully saturated rings. The van der Waals surface area contributed by atoms with Gasteiger partial charge in [0.05, 0.1) is 0 Å². The molecular weight excluding hydrogens is 174 g/mol. The molecule has 0 saturated carbocycles. The first-order valence-corrected chi connectivity index (χ1v) is 7.38. The van der Waals surface area contributed by atoms with Crippen LogP contribution < -0.4 is 0 Å². The first kappa shape index (κ1) is 9.33. The number of allylic oxidation sites excluding steroid dienone is 1. The van der Waals surface area contributed by atoms with Crippen molar-refractivity contribution >= 4 is 21.8 Å². The smallest absolute Gasteiger partial charge is 0.0141 e. The molecule has 0 atom stereocenters. The molecule has 1 heterocycles. The van der Waals surface area contributed by atoms with Crippen molar-refractivity contribution in [3.63, 3.8) is 0 Å². The summed E-state index contributed by atoms with van der Waals surface area (Å²) in [5.41, 5.74) is 0. The minimum absolute atomic E-state index is 0.961. The van der Waals surface area contributed by atoms with Gasteiger partial charge in [-0.05, 0) is 23.8 Å². The van der Waals surface area contributed by atoms with E-state index in [1.807, 2.05) is 0 Å². The molecule has 0 bridgehead atoms. The zero-order valence-electron chi connectivity index (χ0n) is 7.50. The lowest BCUT2D eigenvalue weighted by Crippen LogP contribution is -2.04. The van der Waals surface area contributed by atoms with Crippen LogP contribution >= 0.6 is 11.9 Å². The third-order valence-electron chi connectivity index (χ3n) is 1.90. The van der Waals surface area contributed by atoms with Gasteiger partial charge >= 0.3 is 0 Å². The van der Waals surface area contributed by atoms with E-state index in [1.54, 1.807) is 11.9 Å². The molecule has 0 aromatic heterocycles. The van der Waals surface area contributed by atoms with E-state index in [0.717, 1.165) is 0 Å². The van der Waals surface area contributed by atoms with Crippen molar-refractivity contribution in [2.24, 2.45) is 3.77 Å². The molecule has 0 saturated heterocycles. The predicted octanol–water partition coefficient (Wildman–Crippen LogP) is 3.01. The van der Waals surface area contributed by atoms with Gasteiger partial charge in [0, 0.05) is 16.9 Å². The van der Waals surface area contributed by atoms with Crippen LogP contribution in [0.2, 0.25) is 0 Å². The molecule has 0 aromatic rings. The number of hydrogen-bond donors (Lipinski definition) is 1. The van der Waals surface area contributed by atoms with Crippen molar-refractivity contribution in [3.8, 4) is 0 Å². The summed E-state index contributed by atoms with van der Waals surface area (Å²) in [6.07, 6.45) is 4.78. The molecule has 0 spiro atoms. The van der Waals surface area contributed by atoms with Crippen molar-refractivity contribution in [2.45, 2.75) is 26.7 Å². The van der Waals surface area contributed by atoms with E-state index in [-0.39, 0.29) is 0 Å². The quantitative estimate of drug-likeness (QED) is 0.534. The van der Waals surface area contributed by atoms with Gasteiger partial charge in [-0.2, -0.15) is 9.82 Å². The lowest BCUT2D eigenvalue weighted by atomic mass is 10.3. The zero-order valence-corrected chi connectivity index (χ0v) is 9.21. The first-order valence-electron chi connectivity index (χ1n) is 4.16. The van der Waals surface area contributed by atoms with Crippen molar-refractivity contribution in [1.29, 1.82) is 0 Å². The number of rotatable bonds is 3. The third-order valence-corrected chi connectivity index (χ3v) is 6.60. The minimum atomic E-state index is -0.961. The van der Waals surface area contributed by atoms with Crippen molar-refractivity contribution in [2.75, 3.05) is 12.0 Å². The fourth-order valence-corrected chi connectivity index (χ4v) is 4.92. The first-order chi connectivity index (χ1) is 5.20. The average Bonchev–Trinajstić information content (AvgIpc) is 2.35. The van der Waals surface area contributed by atoms with Gasteiger partial charge in [-0.15, -0.1) is 0 Å². The van der Waals surface area contributed by atoms with E-state index in [9.17, 15) is 0 Å². The fraction of sp³-hybridized carbons (Fsp3) is 0.750. The van der Waals surface area contributed by atoms with E-state index in [2.05, 4.69) is 29.3 Å². The zero-order chi connectivity index (χ0) is 8.32. The fourth-order valence-electron chi connectivity index (χ4n) is 1.01. The molecule has 1 aliphatic heterocycles. The maximum absolute atomic E-state index is 4.62. The van der Waals surface area contributed by atoms with Crippen LogP contribution in [0.4, 0.5) is 0 Å². The standard InChI is InChI=1S/C8H17NS2/c1-4-6-8-7-11(3,5-2)9-10-8/h7,11H,4-6H2,1-3H3. The molecule has 1 rings (SSSR count). The maximum atomic E-state index is 4.62. The van der Waals surface area contributed by atoms with E-state index in [4.69, 9.17) is 0 Å². The summed E-state index contributed by atoms with van der Waals surface area (Å²) in [6, 6.07) is 0. The SMILES string of the molecule is CCCC1=C[SH](C)(CC)=NS1. The van der Waals surface area contributed by atoms with Crippen molar-refractivity contribution < 1.29 is 0 Å². The van der Waals surface area contributed by atoms with E-state index in [0.29, 0.717) is 0 Å². The highest BCUT2D eigenvalue weighted by Crippen LogP contribution is 2.34. The normalized spacial score (nSPS) is 24.1. The third kappa shape index (κ3) is 2.34. The molecule has 1 nitrogen and oxygen atoms in total. The second kappa shape index (κ2) is 3.76. The molecule has 0 aliphatic carbocycles. The van der Waals surface area contributed by atoms with Gasteiger partial charge in [0.15, 0.2) is 0 Å².